The molecule has 0 unspecified atom stereocenters. The van der Waals surface area contributed by atoms with E-state index in [4.69, 9.17) is 11.6 Å². The Morgan fingerprint density at radius 2 is 2.00 bits per heavy atom. The van der Waals surface area contributed by atoms with Crippen LogP contribution in [0.4, 0.5) is 0 Å². The second-order valence-corrected chi connectivity index (χ2v) is 7.70. The Bertz CT molecular complexity index is 720. The molecule has 21 heavy (non-hydrogen) atoms. The fraction of sp³-hybridized carbons (Fsp3) is 0.214. The Labute approximate surface area is 137 Å². The van der Waals surface area contributed by atoms with Crippen LogP contribution in [0.2, 0.25) is 0 Å². The molecule has 0 fully saturated rings. The average Bonchev–Trinajstić information content (AvgIpc) is 2.47. The number of nitrogens with zero attached hydrogens (tertiary/aromatic N) is 2. The number of pyridine rings is 1. The van der Waals surface area contributed by atoms with Gasteiger partial charge >= 0.3 is 0 Å². The number of alkyl halides is 1. The summed E-state index contributed by atoms with van der Waals surface area (Å²) in [6.45, 7) is 0.278. The lowest BCUT2D eigenvalue weighted by Crippen LogP contribution is -2.27. The van der Waals surface area contributed by atoms with E-state index >= 15 is 0 Å². The molecule has 0 spiro atoms. The van der Waals surface area contributed by atoms with Crippen LogP contribution in [0.5, 0.6) is 0 Å². The molecule has 0 N–H and O–H groups in total. The Kier molecular flexibility index (Phi) is 5.37. The minimum Gasteiger partial charge on any atom is -0.243 e. The van der Waals surface area contributed by atoms with Gasteiger partial charge in [-0.15, -0.1) is 11.6 Å². The first-order chi connectivity index (χ1) is 9.93. The first kappa shape index (κ1) is 16.4. The van der Waals surface area contributed by atoms with Gasteiger partial charge in [0.15, 0.2) is 5.03 Å². The number of sulfonamides is 1. The summed E-state index contributed by atoms with van der Waals surface area (Å²) in [6.07, 6.45) is 1.48. The highest BCUT2D eigenvalue weighted by Gasteiger charge is 2.22. The summed E-state index contributed by atoms with van der Waals surface area (Å²) in [5, 5.41) is 0.0221. The van der Waals surface area contributed by atoms with E-state index in [1.165, 1.54) is 23.6 Å². The van der Waals surface area contributed by atoms with Gasteiger partial charge < -0.3 is 0 Å². The number of benzene rings is 1. The van der Waals surface area contributed by atoms with Gasteiger partial charge in [0.2, 0.25) is 0 Å². The molecule has 0 saturated heterocycles. The molecule has 7 heteroatoms. The normalized spacial score (nSPS) is 11.8. The number of halogens is 2. The van der Waals surface area contributed by atoms with Gasteiger partial charge in [0, 0.05) is 30.1 Å². The van der Waals surface area contributed by atoms with Crippen molar-refractivity contribution in [2.45, 2.75) is 17.5 Å². The third-order valence-corrected chi connectivity index (χ3v) is 5.44. The molecule has 1 aromatic heterocycles. The SMILES string of the molecule is CN(Cc1cccc(Br)c1)S(=O)(=O)c1ccc(CCl)cn1. The predicted octanol–water partition coefficient (Wildman–Crippen LogP) is 3.40. The van der Waals surface area contributed by atoms with Crippen molar-refractivity contribution in [3.05, 3.63) is 58.2 Å². The first-order valence-corrected chi connectivity index (χ1v) is 8.92. The third-order valence-electron chi connectivity index (χ3n) is 2.92. The molecule has 0 radical (unpaired) electrons. The molecule has 4 nitrogen and oxygen atoms in total. The molecule has 0 saturated carbocycles. The van der Waals surface area contributed by atoms with Gasteiger partial charge in [0.05, 0.1) is 0 Å². The molecular weight excluding hydrogens is 376 g/mol. The lowest BCUT2D eigenvalue weighted by molar-refractivity contribution is 0.464. The van der Waals surface area contributed by atoms with E-state index < -0.39 is 10.0 Å². The summed E-state index contributed by atoms with van der Waals surface area (Å²) in [5.41, 5.74) is 1.68. The van der Waals surface area contributed by atoms with Gasteiger partial charge in [-0.05, 0) is 29.3 Å². The Hall–Kier alpha value is -0.950. The summed E-state index contributed by atoms with van der Waals surface area (Å²) in [4.78, 5) is 3.98. The lowest BCUT2D eigenvalue weighted by atomic mass is 10.2. The van der Waals surface area contributed by atoms with Gasteiger partial charge in [-0.1, -0.05) is 34.1 Å². The molecule has 0 atom stereocenters. The van der Waals surface area contributed by atoms with Crippen molar-refractivity contribution in [1.82, 2.24) is 9.29 Å². The minimum atomic E-state index is -3.61. The molecule has 0 aliphatic rings. The van der Waals surface area contributed by atoms with Crippen LogP contribution in [0.25, 0.3) is 0 Å². The largest absolute Gasteiger partial charge is 0.260 e. The van der Waals surface area contributed by atoms with Crippen molar-refractivity contribution in [2.24, 2.45) is 0 Å². The van der Waals surface area contributed by atoms with Crippen molar-refractivity contribution in [2.75, 3.05) is 7.05 Å². The topological polar surface area (TPSA) is 50.3 Å². The van der Waals surface area contributed by atoms with Crippen molar-refractivity contribution in [3.8, 4) is 0 Å². The highest BCUT2D eigenvalue weighted by atomic mass is 79.9. The van der Waals surface area contributed by atoms with Crippen LogP contribution < -0.4 is 0 Å². The van der Waals surface area contributed by atoms with Crippen molar-refractivity contribution in [1.29, 1.82) is 0 Å². The summed E-state index contributed by atoms with van der Waals surface area (Å²) >= 11 is 9.04. The van der Waals surface area contributed by atoms with Gasteiger partial charge in [-0.3, -0.25) is 0 Å². The maximum atomic E-state index is 12.4. The van der Waals surface area contributed by atoms with E-state index in [0.29, 0.717) is 5.88 Å². The average molecular weight is 390 g/mol. The molecule has 112 valence electrons. The van der Waals surface area contributed by atoms with Gasteiger partial charge in [0.1, 0.15) is 0 Å². The summed E-state index contributed by atoms with van der Waals surface area (Å²) < 4.78 is 27.1. The van der Waals surface area contributed by atoms with E-state index in [9.17, 15) is 8.42 Å². The molecule has 0 aliphatic carbocycles. The highest BCUT2D eigenvalue weighted by Crippen LogP contribution is 2.18. The Morgan fingerprint density at radius 3 is 2.57 bits per heavy atom. The lowest BCUT2D eigenvalue weighted by Gasteiger charge is -2.17. The first-order valence-electron chi connectivity index (χ1n) is 6.15. The second kappa shape index (κ2) is 6.87. The second-order valence-electron chi connectivity index (χ2n) is 4.53. The van der Waals surface area contributed by atoms with E-state index in [0.717, 1.165) is 15.6 Å². The number of hydrogen-bond donors (Lipinski definition) is 0. The van der Waals surface area contributed by atoms with Crippen LogP contribution in [0.1, 0.15) is 11.1 Å². The van der Waals surface area contributed by atoms with Crippen LogP contribution in [0.3, 0.4) is 0 Å². The zero-order chi connectivity index (χ0) is 15.5. The van der Waals surface area contributed by atoms with Crippen LogP contribution in [0.15, 0.2) is 52.1 Å². The Balaban J connectivity index is 2.21. The van der Waals surface area contributed by atoms with Gasteiger partial charge in [-0.2, -0.15) is 4.31 Å². The Morgan fingerprint density at radius 1 is 1.24 bits per heavy atom. The standard InChI is InChI=1S/C14H14BrClN2O2S/c1-18(10-11-3-2-4-13(15)7-11)21(19,20)14-6-5-12(8-16)9-17-14/h2-7,9H,8,10H2,1H3. The summed E-state index contributed by atoms with van der Waals surface area (Å²) in [6, 6.07) is 10.7. The zero-order valence-electron chi connectivity index (χ0n) is 11.3. The summed E-state index contributed by atoms with van der Waals surface area (Å²) in [5.74, 6) is 0.307. The van der Waals surface area contributed by atoms with Crippen molar-refractivity contribution in [3.63, 3.8) is 0 Å². The quantitative estimate of drug-likeness (QED) is 0.736. The van der Waals surface area contributed by atoms with Crippen LogP contribution >= 0.6 is 27.5 Å². The molecule has 2 aromatic rings. The number of hydrogen-bond acceptors (Lipinski definition) is 3. The minimum absolute atomic E-state index is 0.0221. The third kappa shape index (κ3) is 4.03. The van der Waals surface area contributed by atoms with Crippen molar-refractivity contribution >= 4 is 37.6 Å². The van der Waals surface area contributed by atoms with Crippen molar-refractivity contribution < 1.29 is 8.42 Å². The highest BCUT2D eigenvalue weighted by molar-refractivity contribution is 9.10. The molecular formula is C14H14BrClN2O2S. The predicted molar refractivity (Wildman–Crippen MR) is 86.6 cm³/mol. The smallest absolute Gasteiger partial charge is 0.243 e. The number of aromatic nitrogens is 1. The molecule has 0 bridgehead atoms. The molecule has 0 amide bonds. The molecule has 0 aliphatic heterocycles. The van der Waals surface area contributed by atoms with Crippen LogP contribution in [-0.2, 0) is 22.4 Å². The van der Waals surface area contributed by atoms with E-state index in [2.05, 4.69) is 20.9 Å². The van der Waals surface area contributed by atoms with Gasteiger partial charge in [-0.25, -0.2) is 13.4 Å². The van der Waals surface area contributed by atoms with Gasteiger partial charge in [0.25, 0.3) is 10.0 Å². The monoisotopic (exact) mass is 388 g/mol. The fourth-order valence-corrected chi connectivity index (χ4v) is 3.45. The molecule has 2 rings (SSSR count). The van der Waals surface area contributed by atoms with Crippen LogP contribution in [-0.4, -0.2) is 24.8 Å². The number of rotatable bonds is 5. The summed E-state index contributed by atoms with van der Waals surface area (Å²) in [7, 11) is -2.08. The van der Waals surface area contributed by atoms with E-state index in [-0.39, 0.29) is 11.6 Å². The fourth-order valence-electron chi connectivity index (χ4n) is 1.78. The molecule has 1 heterocycles. The maximum Gasteiger partial charge on any atom is 0.260 e. The van der Waals surface area contributed by atoms with E-state index in [1.54, 1.807) is 6.07 Å². The van der Waals surface area contributed by atoms with E-state index in [1.807, 2.05) is 24.3 Å². The molecule has 1 aromatic carbocycles. The zero-order valence-corrected chi connectivity index (χ0v) is 14.5. The van der Waals surface area contributed by atoms with Crippen LogP contribution in [0, 0.1) is 0 Å². The maximum absolute atomic E-state index is 12.4.